The molecule has 1 aliphatic rings. The van der Waals surface area contributed by atoms with Crippen LogP contribution in [0.1, 0.15) is 37.1 Å². The fraction of sp³-hybridized carbons (Fsp3) is 0.476. The van der Waals surface area contributed by atoms with E-state index in [9.17, 15) is 4.79 Å². The normalized spacial score (nSPS) is 14.8. The number of methoxy groups -OCH3 is 1. The number of amides is 1. The molecule has 150 valence electrons. The van der Waals surface area contributed by atoms with Crippen molar-refractivity contribution < 1.29 is 9.53 Å². The molecule has 1 N–H and O–H groups in total. The summed E-state index contributed by atoms with van der Waals surface area (Å²) >= 11 is 0. The predicted octanol–water partition coefficient (Wildman–Crippen LogP) is 2.97. The van der Waals surface area contributed by atoms with Crippen molar-refractivity contribution in [1.29, 1.82) is 0 Å². The summed E-state index contributed by atoms with van der Waals surface area (Å²) in [4.78, 5) is 25.9. The highest BCUT2D eigenvalue weighted by Crippen LogP contribution is 2.28. The summed E-state index contributed by atoms with van der Waals surface area (Å²) in [7, 11) is 1.68. The number of hydrogen-bond acceptors (Lipinski definition) is 6. The van der Waals surface area contributed by atoms with Gasteiger partial charge in [-0.05, 0) is 39.8 Å². The Kier molecular flexibility index (Phi) is 5.72. The van der Waals surface area contributed by atoms with Crippen LogP contribution in [0.4, 0.5) is 11.5 Å². The SMILES string of the molecule is COc1ccccc1N1CCN(C(=O)c2cc(NC(C)(C)C)nc(C)n2)CC1. The molecule has 28 heavy (non-hydrogen) atoms. The lowest BCUT2D eigenvalue weighted by molar-refractivity contribution is 0.0740. The van der Waals surface area contributed by atoms with Gasteiger partial charge in [0.05, 0.1) is 12.8 Å². The molecule has 0 spiro atoms. The number of piperazine rings is 1. The summed E-state index contributed by atoms with van der Waals surface area (Å²) in [5, 5.41) is 3.32. The van der Waals surface area contributed by atoms with Crippen molar-refractivity contribution >= 4 is 17.4 Å². The molecule has 0 atom stereocenters. The molecule has 0 radical (unpaired) electrons. The Bertz CT molecular complexity index is 839. The van der Waals surface area contributed by atoms with Gasteiger partial charge in [0.25, 0.3) is 5.91 Å². The molecule has 1 aromatic carbocycles. The lowest BCUT2D eigenvalue weighted by atomic mass is 10.1. The highest BCUT2D eigenvalue weighted by Gasteiger charge is 2.25. The van der Waals surface area contributed by atoms with Crippen LogP contribution in [0, 0.1) is 6.92 Å². The zero-order valence-corrected chi connectivity index (χ0v) is 17.3. The predicted molar refractivity (Wildman–Crippen MR) is 111 cm³/mol. The average Bonchev–Trinajstić information content (AvgIpc) is 2.65. The largest absolute Gasteiger partial charge is 0.495 e. The van der Waals surface area contributed by atoms with Crippen LogP contribution in [-0.4, -0.2) is 59.6 Å². The third kappa shape index (κ3) is 4.71. The first kappa shape index (κ1) is 19.9. The van der Waals surface area contributed by atoms with Gasteiger partial charge in [0.2, 0.25) is 0 Å². The van der Waals surface area contributed by atoms with E-state index in [0.717, 1.165) is 24.5 Å². The minimum absolute atomic E-state index is 0.0536. The molecule has 7 nitrogen and oxygen atoms in total. The standard InChI is InChI=1S/C21H29N5O2/c1-15-22-16(14-19(23-15)24-21(2,3)4)20(27)26-12-10-25(11-13-26)17-8-6-7-9-18(17)28-5/h6-9,14H,10-13H2,1-5H3,(H,22,23,24). The highest BCUT2D eigenvalue weighted by atomic mass is 16.5. The number of para-hydroxylation sites is 2. The van der Waals surface area contributed by atoms with E-state index in [1.165, 1.54) is 0 Å². The Balaban J connectivity index is 1.70. The number of aryl methyl sites for hydroxylation is 1. The van der Waals surface area contributed by atoms with Gasteiger partial charge in [-0.3, -0.25) is 4.79 Å². The summed E-state index contributed by atoms with van der Waals surface area (Å²) in [5.74, 6) is 2.06. The van der Waals surface area contributed by atoms with Gasteiger partial charge in [-0.25, -0.2) is 9.97 Å². The summed E-state index contributed by atoms with van der Waals surface area (Å²) < 4.78 is 5.46. The molecule has 0 unspecified atom stereocenters. The van der Waals surface area contributed by atoms with Crippen molar-refractivity contribution in [1.82, 2.24) is 14.9 Å². The second-order valence-electron chi connectivity index (χ2n) is 8.01. The van der Waals surface area contributed by atoms with Gasteiger partial charge in [-0.1, -0.05) is 12.1 Å². The maximum atomic E-state index is 13.0. The van der Waals surface area contributed by atoms with Gasteiger partial charge in [0.1, 0.15) is 23.1 Å². The Morgan fingerprint density at radius 3 is 2.43 bits per heavy atom. The van der Waals surface area contributed by atoms with Crippen molar-refractivity contribution in [3.05, 3.63) is 41.9 Å². The van der Waals surface area contributed by atoms with Crippen LogP contribution in [0.5, 0.6) is 5.75 Å². The zero-order chi connectivity index (χ0) is 20.3. The molecule has 0 bridgehead atoms. The highest BCUT2D eigenvalue weighted by molar-refractivity contribution is 5.93. The quantitative estimate of drug-likeness (QED) is 0.875. The number of anilines is 2. The van der Waals surface area contributed by atoms with Crippen LogP contribution in [-0.2, 0) is 0 Å². The van der Waals surface area contributed by atoms with E-state index < -0.39 is 0 Å². The molecule has 0 saturated carbocycles. The van der Waals surface area contributed by atoms with Gasteiger partial charge in [-0.15, -0.1) is 0 Å². The molecule has 1 aliphatic heterocycles. The van der Waals surface area contributed by atoms with Gasteiger partial charge in [0, 0.05) is 37.8 Å². The van der Waals surface area contributed by atoms with E-state index in [-0.39, 0.29) is 11.4 Å². The van der Waals surface area contributed by atoms with E-state index in [1.54, 1.807) is 13.2 Å². The van der Waals surface area contributed by atoms with Crippen LogP contribution in [0.2, 0.25) is 0 Å². The molecule has 7 heteroatoms. The fourth-order valence-electron chi connectivity index (χ4n) is 3.33. The second-order valence-corrected chi connectivity index (χ2v) is 8.01. The maximum Gasteiger partial charge on any atom is 0.272 e. The fourth-order valence-corrected chi connectivity index (χ4v) is 3.33. The Labute approximate surface area is 166 Å². The number of benzene rings is 1. The molecule has 1 fully saturated rings. The summed E-state index contributed by atoms with van der Waals surface area (Å²) in [6, 6.07) is 9.72. The maximum absolute atomic E-state index is 13.0. The van der Waals surface area contributed by atoms with Gasteiger partial charge < -0.3 is 19.9 Å². The third-order valence-corrected chi connectivity index (χ3v) is 4.55. The number of hydrogen-bond donors (Lipinski definition) is 1. The van der Waals surface area contributed by atoms with Gasteiger partial charge in [0.15, 0.2) is 0 Å². The lowest BCUT2D eigenvalue weighted by Gasteiger charge is -2.36. The van der Waals surface area contributed by atoms with E-state index in [4.69, 9.17) is 4.74 Å². The molecule has 1 saturated heterocycles. The summed E-state index contributed by atoms with van der Waals surface area (Å²) in [6.45, 7) is 10.8. The molecular formula is C21H29N5O2. The van der Waals surface area contributed by atoms with Crippen molar-refractivity contribution in [3.63, 3.8) is 0 Å². The molecular weight excluding hydrogens is 354 g/mol. The lowest BCUT2D eigenvalue weighted by Crippen LogP contribution is -2.49. The first-order chi connectivity index (χ1) is 13.3. The van der Waals surface area contributed by atoms with Gasteiger partial charge in [-0.2, -0.15) is 0 Å². The van der Waals surface area contributed by atoms with Crippen LogP contribution in [0.3, 0.4) is 0 Å². The van der Waals surface area contributed by atoms with E-state index in [2.05, 4.69) is 47.0 Å². The first-order valence-electron chi connectivity index (χ1n) is 9.58. The van der Waals surface area contributed by atoms with Gasteiger partial charge >= 0.3 is 0 Å². The smallest absolute Gasteiger partial charge is 0.272 e. The van der Waals surface area contributed by atoms with Crippen LogP contribution in [0.25, 0.3) is 0 Å². The Hall–Kier alpha value is -2.83. The third-order valence-electron chi connectivity index (χ3n) is 4.55. The van der Waals surface area contributed by atoms with Crippen molar-refractivity contribution in [2.45, 2.75) is 33.2 Å². The number of carbonyl (C=O) groups excluding carboxylic acids is 1. The first-order valence-corrected chi connectivity index (χ1v) is 9.58. The second kappa shape index (κ2) is 8.04. The molecule has 3 rings (SSSR count). The number of carbonyl (C=O) groups is 1. The van der Waals surface area contributed by atoms with Crippen molar-refractivity contribution in [2.75, 3.05) is 43.5 Å². The number of ether oxygens (including phenoxy) is 1. The van der Waals surface area contributed by atoms with Crippen LogP contribution >= 0.6 is 0 Å². The zero-order valence-electron chi connectivity index (χ0n) is 17.3. The minimum Gasteiger partial charge on any atom is -0.495 e. The molecule has 2 aromatic rings. The van der Waals surface area contributed by atoms with Crippen molar-refractivity contribution in [3.8, 4) is 5.75 Å². The summed E-state index contributed by atoms with van der Waals surface area (Å²) in [6.07, 6.45) is 0. The summed E-state index contributed by atoms with van der Waals surface area (Å²) in [5.41, 5.74) is 1.36. The monoisotopic (exact) mass is 383 g/mol. The Morgan fingerprint density at radius 2 is 1.79 bits per heavy atom. The van der Waals surface area contributed by atoms with E-state index in [1.807, 2.05) is 30.0 Å². The molecule has 0 aliphatic carbocycles. The number of rotatable bonds is 4. The topological polar surface area (TPSA) is 70.6 Å². The molecule has 1 amide bonds. The van der Waals surface area contributed by atoms with Crippen LogP contribution in [0.15, 0.2) is 30.3 Å². The van der Waals surface area contributed by atoms with Crippen molar-refractivity contribution in [2.24, 2.45) is 0 Å². The van der Waals surface area contributed by atoms with Crippen LogP contribution < -0.4 is 15.0 Å². The number of nitrogens with one attached hydrogen (secondary N) is 1. The number of aromatic nitrogens is 2. The number of nitrogens with zero attached hydrogens (tertiary/aromatic N) is 4. The van der Waals surface area contributed by atoms with E-state index >= 15 is 0 Å². The Morgan fingerprint density at radius 1 is 1.11 bits per heavy atom. The molecule has 1 aromatic heterocycles. The molecule has 2 heterocycles. The van der Waals surface area contributed by atoms with E-state index in [0.29, 0.717) is 30.4 Å². The average molecular weight is 383 g/mol. The minimum atomic E-state index is -0.137.